The lowest BCUT2D eigenvalue weighted by Gasteiger charge is -2.06. The van der Waals surface area contributed by atoms with Gasteiger partial charge in [-0.25, -0.2) is 8.42 Å². The fraction of sp³-hybridized carbons (Fsp3) is 0.500. The van der Waals surface area contributed by atoms with Crippen molar-refractivity contribution in [1.29, 1.82) is 5.26 Å². The van der Waals surface area contributed by atoms with Crippen molar-refractivity contribution in [2.45, 2.75) is 17.7 Å². The van der Waals surface area contributed by atoms with Crippen molar-refractivity contribution >= 4 is 21.6 Å². The van der Waals surface area contributed by atoms with Crippen LogP contribution >= 0.6 is 11.8 Å². The molecule has 0 aliphatic carbocycles. The summed E-state index contributed by atoms with van der Waals surface area (Å²) in [6, 6.07) is 8.02. The molecule has 4 nitrogen and oxygen atoms in total. The van der Waals surface area contributed by atoms with Gasteiger partial charge in [0.1, 0.15) is 0 Å². The fourth-order valence-corrected chi connectivity index (χ4v) is 3.37. The maximum atomic E-state index is 12.0. The number of hydrogen-bond donors (Lipinski definition) is 1. The topological polar surface area (TPSA) is 70.0 Å². The summed E-state index contributed by atoms with van der Waals surface area (Å²) in [5.74, 6) is 1.23. The second kappa shape index (κ2) is 9.01. The zero-order chi connectivity index (χ0) is 14.8. The Hall–Kier alpha value is -1.03. The van der Waals surface area contributed by atoms with Crippen molar-refractivity contribution in [2.24, 2.45) is 0 Å². The van der Waals surface area contributed by atoms with Crippen LogP contribution in [-0.4, -0.2) is 39.3 Å². The number of thioether (sulfide) groups is 1. The zero-order valence-electron chi connectivity index (χ0n) is 11.6. The smallest absolute Gasteiger partial charge is 0.179 e. The predicted octanol–water partition coefficient (Wildman–Crippen LogP) is 2.06. The zero-order valence-corrected chi connectivity index (χ0v) is 13.3. The number of benzene rings is 1. The number of nitrogens with zero attached hydrogens (tertiary/aromatic N) is 1. The molecule has 1 N–H and O–H groups in total. The van der Waals surface area contributed by atoms with Crippen molar-refractivity contribution in [3.63, 3.8) is 0 Å². The third-order valence-electron chi connectivity index (χ3n) is 2.84. The third-order valence-corrected chi connectivity index (χ3v) is 5.27. The van der Waals surface area contributed by atoms with Crippen LogP contribution < -0.4 is 5.32 Å². The molecule has 110 valence electrons. The molecule has 0 unspecified atom stereocenters. The summed E-state index contributed by atoms with van der Waals surface area (Å²) < 4.78 is 24.1. The lowest BCUT2D eigenvalue weighted by molar-refractivity contribution is 0.588. The van der Waals surface area contributed by atoms with Crippen LogP contribution in [0.1, 0.15) is 18.4 Å². The number of hydrogen-bond acceptors (Lipinski definition) is 5. The number of nitriles is 1. The van der Waals surface area contributed by atoms with Crippen LogP contribution in [0, 0.1) is 11.3 Å². The van der Waals surface area contributed by atoms with Gasteiger partial charge in [0.05, 0.1) is 22.3 Å². The highest BCUT2D eigenvalue weighted by Crippen LogP contribution is 2.11. The number of rotatable bonds is 9. The quantitative estimate of drug-likeness (QED) is 0.707. The molecule has 0 saturated heterocycles. The molecule has 0 bridgehead atoms. The van der Waals surface area contributed by atoms with Gasteiger partial charge in [-0.2, -0.15) is 17.0 Å². The molecule has 0 saturated carbocycles. The van der Waals surface area contributed by atoms with E-state index in [0.29, 0.717) is 12.1 Å². The van der Waals surface area contributed by atoms with Crippen LogP contribution in [0.4, 0.5) is 0 Å². The molecule has 0 radical (unpaired) electrons. The van der Waals surface area contributed by atoms with E-state index in [-0.39, 0.29) is 10.6 Å². The van der Waals surface area contributed by atoms with E-state index >= 15 is 0 Å². The highest BCUT2D eigenvalue weighted by Gasteiger charge is 2.13. The van der Waals surface area contributed by atoms with E-state index < -0.39 is 9.84 Å². The van der Waals surface area contributed by atoms with Gasteiger partial charge < -0.3 is 5.32 Å². The van der Waals surface area contributed by atoms with Gasteiger partial charge in [-0.1, -0.05) is 0 Å². The Morgan fingerprint density at radius 2 is 1.90 bits per heavy atom. The van der Waals surface area contributed by atoms with Gasteiger partial charge in [-0.15, -0.1) is 0 Å². The Morgan fingerprint density at radius 3 is 2.50 bits per heavy atom. The van der Waals surface area contributed by atoms with E-state index in [1.807, 2.05) is 17.8 Å². The Labute approximate surface area is 125 Å². The first-order valence-corrected chi connectivity index (χ1v) is 9.57. The number of unbranched alkanes of at least 4 members (excludes halogenated alkanes) is 1. The van der Waals surface area contributed by atoms with Gasteiger partial charge in [0.15, 0.2) is 9.84 Å². The molecule has 1 aromatic carbocycles. The molecule has 1 rings (SSSR count). The molecular formula is C14H20N2O2S2. The maximum Gasteiger partial charge on any atom is 0.179 e. The second-order valence-corrected chi connectivity index (χ2v) is 7.50. The van der Waals surface area contributed by atoms with Gasteiger partial charge >= 0.3 is 0 Å². The Bertz CT molecular complexity index is 533. The highest BCUT2D eigenvalue weighted by molar-refractivity contribution is 7.98. The van der Waals surface area contributed by atoms with E-state index in [2.05, 4.69) is 11.6 Å². The Balaban J connectivity index is 2.36. The van der Waals surface area contributed by atoms with Crippen LogP contribution in [0.25, 0.3) is 0 Å². The van der Waals surface area contributed by atoms with Crippen LogP contribution in [0.5, 0.6) is 0 Å². The molecular weight excluding hydrogens is 292 g/mol. The van der Waals surface area contributed by atoms with Gasteiger partial charge in [-0.05, 0) is 55.7 Å². The minimum absolute atomic E-state index is 0.0848. The molecule has 20 heavy (non-hydrogen) atoms. The summed E-state index contributed by atoms with van der Waals surface area (Å²) in [7, 11) is -3.26. The molecule has 0 spiro atoms. The molecule has 6 heteroatoms. The SMILES string of the molecule is CSCCCCNCCS(=O)(=O)c1ccc(C#N)cc1. The average molecular weight is 312 g/mol. The van der Waals surface area contributed by atoms with Gasteiger partial charge in [0, 0.05) is 6.54 Å². The minimum atomic E-state index is -3.26. The monoisotopic (exact) mass is 312 g/mol. The first-order chi connectivity index (χ1) is 9.60. The summed E-state index contributed by atoms with van der Waals surface area (Å²) >= 11 is 1.82. The van der Waals surface area contributed by atoms with E-state index in [4.69, 9.17) is 5.26 Å². The van der Waals surface area contributed by atoms with E-state index in [0.717, 1.165) is 25.1 Å². The second-order valence-electron chi connectivity index (χ2n) is 4.40. The van der Waals surface area contributed by atoms with Crippen LogP contribution in [0.15, 0.2) is 29.2 Å². The molecule has 0 aliphatic rings. The highest BCUT2D eigenvalue weighted by atomic mass is 32.2. The van der Waals surface area contributed by atoms with Gasteiger partial charge in [0.2, 0.25) is 0 Å². The molecule has 0 aliphatic heterocycles. The molecule has 0 fully saturated rings. The lowest BCUT2D eigenvalue weighted by atomic mass is 10.2. The van der Waals surface area contributed by atoms with Gasteiger partial charge in [-0.3, -0.25) is 0 Å². The molecule has 0 amide bonds. The van der Waals surface area contributed by atoms with Crippen molar-refractivity contribution < 1.29 is 8.42 Å². The number of sulfone groups is 1. The standard InChI is InChI=1S/C14H20N2O2S2/c1-19-10-3-2-8-16-9-11-20(17,18)14-6-4-13(12-15)5-7-14/h4-7,16H,2-3,8-11H2,1H3. The first kappa shape index (κ1) is 17.0. The molecule has 1 aromatic rings. The van der Waals surface area contributed by atoms with E-state index in [9.17, 15) is 8.42 Å². The summed E-state index contributed by atoms with van der Waals surface area (Å²) in [6.07, 6.45) is 4.30. The average Bonchev–Trinajstić information content (AvgIpc) is 2.46. The normalized spacial score (nSPS) is 11.2. The lowest BCUT2D eigenvalue weighted by Crippen LogP contribution is -2.24. The van der Waals surface area contributed by atoms with Crippen LogP contribution in [0.3, 0.4) is 0 Å². The van der Waals surface area contributed by atoms with Gasteiger partial charge in [0.25, 0.3) is 0 Å². The van der Waals surface area contributed by atoms with E-state index in [1.54, 1.807) is 0 Å². The summed E-state index contributed by atoms with van der Waals surface area (Å²) in [6.45, 7) is 1.31. The van der Waals surface area contributed by atoms with E-state index in [1.165, 1.54) is 24.3 Å². The summed E-state index contributed by atoms with van der Waals surface area (Å²) in [5.41, 5.74) is 0.468. The van der Waals surface area contributed by atoms with Crippen molar-refractivity contribution in [3.05, 3.63) is 29.8 Å². The van der Waals surface area contributed by atoms with Crippen molar-refractivity contribution in [2.75, 3.05) is 30.9 Å². The predicted molar refractivity (Wildman–Crippen MR) is 83.7 cm³/mol. The van der Waals surface area contributed by atoms with Crippen LogP contribution in [-0.2, 0) is 9.84 Å². The maximum absolute atomic E-state index is 12.0. The number of nitrogens with one attached hydrogen (secondary N) is 1. The minimum Gasteiger partial charge on any atom is -0.316 e. The van der Waals surface area contributed by atoms with Crippen LogP contribution in [0.2, 0.25) is 0 Å². The molecule has 0 atom stereocenters. The Kier molecular flexibility index (Phi) is 7.67. The summed E-state index contributed by atoms with van der Waals surface area (Å²) in [5, 5.41) is 11.8. The molecule has 0 heterocycles. The largest absolute Gasteiger partial charge is 0.316 e. The summed E-state index contributed by atoms with van der Waals surface area (Å²) in [4.78, 5) is 0.278. The fourth-order valence-electron chi connectivity index (χ4n) is 1.68. The van der Waals surface area contributed by atoms with Crippen molar-refractivity contribution in [1.82, 2.24) is 5.32 Å². The first-order valence-electron chi connectivity index (χ1n) is 6.53. The van der Waals surface area contributed by atoms with Crippen molar-refractivity contribution in [3.8, 4) is 6.07 Å². The molecule has 0 aromatic heterocycles. The Morgan fingerprint density at radius 1 is 1.20 bits per heavy atom. The third kappa shape index (κ3) is 5.95.